The maximum Gasteiger partial charge on any atom is 0.268 e. The molecule has 2 heterocycles. The van der Waals surface area contributed by atoms with Crippen LogP contribution in [0.4, 0.5) is 4.39 Å². The van der Waals surface area contributed by atoms with Crippen molar-refractivity contribution in [3.63, 3.8) is 0 Å². The van der Waals surface area contributed by atoms with Crippen LogP contribution in [0.3, 0.4) is 0 Å². The molecule has 0 fully saturated rings. The number of hydrogen-bond donors (Lipinski definition) is 3. The third kappa shape index (κ3) is 3.33. The molecule has 2 aromatic carbocycles. The van der Waals surface area contributed by atoms with Gasteiger partial charge in [0.1, 0.15) is 17.3 Å². The standard InChI is InChI=1S/C21H19FN4O/c1-2-16(20-23-12-19(25-20)13-7-4-3-5-8-13)26-21(27)18-11-14-15(22)9-6-10-17(14)24-18/h3-12,16,24H,2H2,1H3,(H,23,25)(H,26,27). The summed E-state index contributed by atoms with van der Waals surface area (Å²) >= 11 is 0. The number of carbonyl (C=O) groups excluding carboxylic acids is 1. The number of nitrogens with zero attached hydrogens (tertiary/aromatic N) is 1. The topological polar surface area (TPSA) is 73.6 Å². The van der Waals surface area contributed by atoms with Gasteiger partial charge in [-0.2, -0.15) is 0 Å². The second kappa shape index (κ2) is 7.07. The molecule has 1 atom stereocenters. The molecule has 4 aromatic rings. The monoisotopic (exact) mass is 362 g/mol. The Labute approximate surface area is 155 Å². The minimum absolute atomic E-state index is 0.272. The molecule has 6 heteroatoms. The van der Waals surface area contributed by atoms with Crippen molar-refractivity contribution in [3.05, 3.63) is 78.1 Å². The largest absolute Gasteiger partial charge is 0.350 e. The number of halogens is 1. The van der Waals surface area contributed by atoms with Gasteiger partial charge in [-0.1, -0.05) is 43.3 Å². The van der Waals surface area contributed by atoms with Crippen molar-refractivity contribution in [1.82, 2.24) is 20.3 Å². The number of benzene rings is 2. The minimum Gasteiger partial charge on any atom is -0.350 e. The van der Waals surface area contributed by atoms with Gasteiger partial charge < -0.3 is 15.3 Å². The summed E-state index contributed by atoms with van der Waals surface area (Å²) in [4.78, 5) is 23.3. The van der Waals surface area contributed by atoms with Crippen LogP contribution >= 0.6 is 0 Å². The molecule has 0 aliphatic heterocycles. The van der Waals surface area contributed by atoms with Crippen LogP contribution in [0.25, 0.3) is 22.2 Å². The van der Waals surface area contributed by atoms with E-state index in [4.69, 9.17) is 0 Å². The average molecular weight is 362 g/mol. The fourth-order valence-corrected chi connectivity index (χ4v) is 3.12. The van der Waals surface area contributed by atoms with Crippen LogP contribution in [0.15, 0.2) is 60.8 Å². The molecule has 0 radical (unpaired) electrons. The highest BCUT2D eigenvalue weighted by Gasteiger charge is 2.19. The average Bonchev–Trinajstić information content (AvgIpc) is 3.35. The first-order chi connectivity index (χ1) is 13.2. The summed E-state index contributed by atoms with van der Waals surface area (Å²) in [6.07, 6.45) is 2.43. The van der Waals surface area contributed by atoms with Gasteiger partial charge in [0.15, 0.2) is 0 Å². The summed E-state index contributed by atoms with van der Waals surface area (Å²) in [5.74, 6) is 0.0375. The second-order valence-corrected chi connectivity index (χ2v) is 6.37. The summed E-state index contributed by atoms with van der Waals surface area (Å²) in [6, 6.07) is 15.9. The molecule has 136 valence electrons. The van der Waals surface area contributed by atoms with E-state index < -0.39 is 0 Å². The quantitative estimate of drug-likeness (QED) is 0.486. The molecular weight excluding hydrogens is 343 g/mol. The Morgan fingerprint density at radius 2 is 1.96 bits per heavy atom. The fourth-order valence-electron chi connectivity index (χ4n) is 3.12. The number of nitrogens with one attached hydrogen (secondary N) is 3. The number of amides is 1. The Morgan fingerprint density at radius 1 is 1.15 bits per heavy atom. The van der Waals surface area contributed by atoms with E-state index in [1.54, 1.807) is 18.3 Å². The molecule has 0 saturated carbocycles. The molecule has 5 nitrogen and oxygen atoms in total. The van der Waals surface area contributed by atoms with Crippen LogP contribution in [-0.2, 0) is 0 Å². The van der Waals surface area contributed by atoms with Crippen LogP contribution in [-0.4, -0.2) is 20.9 Å². The van der Waals surface area contributed by atoms with Gasteiger partial charge in [-0.25, -0.2) is 9.37 Å². The van der Waals surface area contributed by atoms with Crippen molar-refractivity contribution in [2.75, 3.05) is 0 Å². The van der Waals surface area contributed by atoms with Crippen LogP contribution in [0.2, 0.25) is 0 Å². The number of rotatable bonds is 5. The predicted molar refractivity (Wildman–Crippen MR) is 103 cm³/mol. The third-order valence-electron chi connectivity index (χ3n) is 4.58. The highest BCUT2D eigenvalue weighted by molar-refractivity contribution is 5.98. The zero-order valence-electron chi connectivity index (χ0n) is 14.8. The molecule has 0 spiro atoms. The maximum absolute atomic E-state index is 13.9. The van der Waals surface area contributed by atoms with E-state index >= 15 is 0 Å². The predicted octanol–water partition coefficient (Wildman–Crippen LogP) is 4.58. The summed E-state index contributed by atoms with van der Waals surface area (Å²) in [5.41, 5.74) is 2.84. The molecule has 27 heavy (non-hydrogen) atoms. The molecule has 1 amide bonds. The molecule has 4 rings (SSSR count). The Balaban J connectivity index is 1.55. The SMILES string of the molecule is CCC(NC(=O)c1cc2c(F)cccc2[nH]1)c1ncc(-c2ccccc2)[nH]1. The van der Waals surface area contributed by atoms with Crippen LogP contribution in [0.1, 0.15) is 35.7 Å². The van der Waals surface area contributed by atoms with Crippen LogP contribution in [0, 0.1) is 5.82 Å². The van der Waals surface area contributed by atoms with Crippen LogP contribution in [0.5, 0.6) is 0 Å². The lowest BCUT2D eigenvalue weighted by Crippen LogP contribution is -2.29. The maximum atomic E-state index is 13.9. The lowest BCUT2D eigenvalue weighted by molar-refractivity contribution is 0.0929. The lowest BCUT2D eigenvalue weighted by atomic mass is 10.2. The van der Waals surface area contributed by atoms with Gasteiger partial charge in [-0.15, -0.1) is 0 Å². The Morgan fingerprint density at radius 3 is 2.70 bits per heavy atom. The number of imidazole rings is 1. The first-order valence-corrected chi connectivity index (χ1v) is 8.84. The number of fused-ring (bicyclic) bond motifs is 1. The van der Waals surface area contributed by atoms with Gasteiger partial charge >= 0.3 is 0 Å². The molecule has 3 N–H and O–H groups in total. The van der Waals surface area contributed by atoms with Gasteiger partial charge in [0, 0.05) is 10.9 Å². The number of carbonyl (C=O) groups is 1. The molecule has 0 aliphatic carbocycles. The van der Waals surface area contributed by atoms with Crippen molar-refractivity contribution in [3.8, 4) is 11.3 Å². The summed E-state index contributed by atoms with van der Waals surface area (Å²) < 4.78 is 13.9. The van der Waals surface area contributed by atoms with Crippen molar-refractivity contribution in [2.24, 2.45) is 0 Å². The van der Waals surface area contributed by atoms with E-state index in [1.165, 1.54) is 12.1 Å². The normalized spacial score (nSPS) is 12.2. The van der Waals surface area contributed by atoms with Crippen molar-refractivity contribution in [1.29, 1.82) is 0 Å². The van der Waals surface area contributed by atoms with Crippen LogP contribution < -0.4 is 5.32 Å². The molecule has 1 unspecified atom stereocenters. The minimum atomic E-state index is -0.353. The van der Waals surface area contributed by atoms with Gasteiger partial charge in [0.05, 0.1) is 17.9 Å². The van der Waals surface area contributed by atoms with Crippen molar-refractivity contribution in [2.45, 2.75) is 19.4 Å². The first-order valence-electron chi connectivity index (χ1n) is 8.84. The zero-order valence-corrected chi connectivity index (χ0v) is 14.8. The summed E-state index contributed by atoms with van der Waals surface area (Å²) in [6.45, 7) is 1.97. The summed E-state index contributed by atoms with van der Waals surface area (Å²) in [7, 11) is 0. The highest BCUT2D eigenvalue weighted by Crippen LogP contribution is 2.22. The third-order valence-corrected chi connectivity index (χ3v) is 4.58. The van der Waals surface area contributed by atoms with Crippen molar-refractivity contribution < 1.29 is 9.18 Å². The highest BCUT2D eigenvalue weighted by atomic mass is 19.1. The number of hydrogen-bond acceptors (Lipinski definition) is 2. The molecular formula is C21H19FN4O. The Bertz CT molecular complexity index is 1080. The van der Waals surface area contributed by atoms with Gasteiger partial charge in [-0.05, 0) is 30.2 Å². The number of aromatic nitrogens is 3. The number of aromatic amines is 2. The Hall–Kier alpha value is -3.41. The van der Waals surface area contributed by atoms with Gasteiger partial charge in [0.25, 0.3) is 5.91 Å². The summed E-state index contributed by atoms with van der Waals surface area (Å²) in [5, 5.41) is 3.36. The van der Waals surface area contributed by atoms with E-state index in [0.29, 0.717) is 28.8 Å². The van der Waals surface area contributed by atoms with E-state index in [0.717, 1.165) is 11.3 Å². The lowest BCUT2D eigenvalue weighted by Gasteiger charge is -2.14. The van der Waals surface area contributed by atoms with Gasteiger partial charge in [-0.3, -0.25) is 4.79 Å². The van der Waals surface area contributed by atoms with Gasteiger partial charge in [0.2, 0.25) is 0 Å². The first kappa shape index (κ1) is 17.0. The molecule has 0 saturated heterocycles. The van der Waals surface area contributed by atoms with Crippen molar-refractivity contribution >= 4 is 16.8 Å². The van der Waals surface area contributed by atoms with E-state index in [1.807, 2.05) is 37.3 Å². The van der Waals surface area contributed by atoms with E-state index in [-0.39, 0.29) is 17.8 Å². The van der Waals surface area contributed by atoms with E-state index in [2.05, 4.69) is 20.3 Å². The Kier molecular flexibility index (Phi) is 4.46. The zero-order chi connectivity index (χ0) is 18.8. The second-order valence-electron chi connectivity index (χ2n) is 6.37. The fraction of sp³-hybridized carbons (Fsp3) is 0.143. The smallest absolute Gasteiger partial charge is 0.268 e. The molecule has 0 aliphatic rings. The number of H-pyrrole nitrogens is 2. The van der Waals surface area contributed by atoms with E-state index in [9.17, 15) is 9.18 Å². The molecule has 2 aromatic heterocycles. The molecule has 0 bridgehead atoms.